The molecule has 8 heteroatoms. The zero-order valence-corrected chi connectivity index (χ0v) is 15.1. The fourth-order valence-corrected chi connectivity index (χ4v) is 5.29. The van der Waals surface area contributed by atoms with Crippen molar-refractivity contribution < 1.29 is 8.42 Å². The van der Waals surface area contributed by atoms with E-state index in [9.17, 15) is 8.42 Å². The van der Waals surface area contributed by atoms with E-state index in [0.717, 1.165) is 20.7 Å². The Morgan fingerprint density at radius 2 is 1.95 bits per heavy atom. The standard InChI is InChI=1S/C11H8Br2ClNO2S2/c1-6-4-7(12)9(5-8(6)14)15-19(16,17)11-3-2-10(13)18-11/h2-5,15H,1H3. The van der Waals surface area contributed by atoms with Gasteiger partial charge >= 0.3 is 0 Å². The van der Waals surface area contributed by atoms with E-state index in [2.05, 4.69) is 36.6 Å². The molecule has 0 saturated carbocycles. The molecule has 2 aromatic rings. The average Bonchev–Trinajstić information content (AvgIpc) is 2.73. The maximum absolute atomic E-state index is 12.2. The molecule has 0 amide bonds. The zero-order valence-electron chi connectivity index (χ0n) is 9.58. The maximum Gasteiger partial charge on any atom is 0.271 e. The number of thiophene rings is 1. The van der Waals surface area contributed by atoms with Crippen molar-refractivity contribution in [3.63, 3.8) is 0 Å². The minimum atomic E-state index is -3.59. The minimum absolute atomic E-state index is 0.239. The first-order valence-electron chi connectivity index (χ1n) is 5.03. The highest BCUT2D eigenvalue weighted by molar-refractivity contribution is 9.11. The van der Waals surface area contributed by atoms with Gasteiger partial charge in [0, 0.05) is 9.50 Å². The molecular weight excluding hydrogens is 438 g/mol. The first kappa shape index (κ1) is 15.3. The Kier molecular flexibility index (Phi) is 4.62. The second kappa shape index (κ2) is 5.73. The van der Waals surface area contributed by atoms with Crippen LogP contribution in [0, 0.1) is 6.92 Å². The lowest BCUT2D eigenvalue weighted by molar-refractivity contribution is 0.603. The summed E-state index contributed by atoms with van der Waals surface area (Å²) in [4.78, 5) is 0. The first-order valence-corrected chi connectivity index (χ1v) is 9.30. The molecule has 0 aliphatic heterocycles. The molecule has 0 spiro atoms. The van der Waals surface area contributed by atoms with Gasteiger partial charge in [-0.1, -0.05) is 11.6 Å². The van der Waals surface area contributed by atoms with Crippen LogP contribution in [0.1, 0.15) is 5.56 Å². The molecule has 0 aliphatic rings. The second-order valence-electron chi connectivity index (χ2n) is 3.75. The number of anilines is 1. The number of hydrogen-bond acceptors (Lipinski definition) is 3. The van der Waals surface area contributed by atoms with Crippen LogP contribution in [-0.4, -0.2) is 8.42 Å². The molecule has 0 atom stereocenters. The van der Waals surface area contributed by atoms with Crippen molar-refractivity contribution in [1.29, 1.82) is 0 Å². The van der Waals surface area contributed by atoms with E-state index >= 15 is 0 Å². The summed E-state index contributed by atoms with van der Waals surface area (Å²) in [6.07, 6.45) is 0. The van der Waals surface area contributed by atoms with E-state index in [0.29, 0.717) is 15.2 Å². The van der Waals surface area contributed by atoms with Gasteiger partial charge < -0.3 is 0 Å². The van der Waals surface area contributed by atoms with Gasteiger partial charge in [0.1, 0.15) is 4.21 Å². The number of hydrogen-bond donors (Lipinski definition) is 1. The highest BCUT2D eigenvalue weighted by Crippen LogP contribution is 2.32. The van der Waals surface area contributed by atoms with Gasteiger partial charge in [0.15, 0.2) is 0 Å². The molecule has 0 bridgehead atoms. The fraction of sp³-hybridized carbons (Fsp3) is 0.0909. The molecule has 1 heterocycles. The predicted octanol–water partition coefficient (Wildman–Crippen LogP) is 5.04. The highest BCUT2D eigenvalue weighted by Gasteiger charge is 2.18. The molecule has 102 valence electrons. The summed E-state index contributed by atoms with van der Waals surface area (Å²) < 4.78 is 28.5. The third kappa shape index (κ3) is 3.52. The van der Waals surface area contributed by atoms with Crippen LogP contribution in [0.2, 0.25) is 5.02 Å². The van der Waals surface area contributed by atoms with Crippen LogP contribution in [0.3, 0.4) is 0 Å². The van der Waals surface area contributed by atoms with Crippen molar-refractivity contribution in [2.24, 2.45) is 0 Å². The summed E-state index contributed by atoms with van der Waals surface area (Å²) >= 11 is 13.7. The molecule has 1 aromatic heterocycles. The third-order valence-electron chi connectivity index (χ3n) is 2.31. The molecular formula is C11H8Br2ClNO2S2. The third-order valence-corrected chi connectivity index (χ3v) is 6.85. The van der Waals surface area contributed by atoms with Crippen molar-refractivity contribution in [2.75, 3.05) is 4.72 Å². The Labute approximate surface area is 137 Å². The van der Waals surface area contributed by atoms with Crippen LogP contribution in [0.15, 0.2) is 36.7 Å². The van der Waals surface area contributed by atoms with Crippen molar-refractivity contribution in [3.05, 3.63) is 43.1 Å². The number of aryl methyl sites for hydroxylation is 1. The van der Waals surface area contributed by atoms with E-state index in [1.54, 1.807) is 24.3 Å². The summed E-state index contributed by atoms with van der Waals surface area (Å²) in [6.45, 7) is 1.85. The smallest absolute Gasteiger partial charge is 0.271 e. The van der Waals surface area contributed by atoms with Crippen molar-refractivity contribution >= 4 is 70.5 Å². The first-order chi connectivity index (χ1) is 8.79. The van der Waals surface area contributed by atoms with Gasteiger partial charge in [0.25, 0.3) is 10.0 Å². The van der Waals surface area contributed by atoms with Gasteiger partial charge in [0.05, 0.1) is 9.47 Å². The predicted molar refractivity (Wildman–Crippen MR) is 86.7 cm³/mol. The Morgan fingerprint density at radius 3 is 2.53 bits per heavy atom. The van der Waals surface area contributed by atoms with Gasteiger partial charge in [-0.05, 0) is 68.6 Å². The lowest BCUT2D eigenvalue weighted by Crippen LogP contribution is -2.12. The van der Waals surface area contributed by atoms with Crippen LogP contribution in [0.25, 0.3) is 0 Å². The van der Waals surface area contributed by atoms with Crippen molar-refractivity contribution in [3.8, 4) is 0 Å². The highest BCUT2D eigenvalue weighted by atomic mass is 79.9. The molecule has 0 unspecified atom stereocenters. The number of halogens is 3. The monoisotopic (exact) mass is 443 g/mol. The van der Waals surface area contributed by atoms with E-state index < -0.39 is 10.0 Å². The Balaban J connectivity index is 2.38. The number of benzene rings is 1. The van der Waals surface area contributed by atoms with E-state index in [1.807, 2.05) is 6.92 Å². The summed E-state index contributed by atoms with van der Waals surface area (Å²) in [7, 11) is -3.59. The average molecular weight is 446 g/mol. The van der Waals surface area contributed by atoms with Gasteiger partial charge in [-0.15, -0.1) is 11.3 Å². The van der Waals surface area contributed by atoms with E-state index in [-0.39, 0.29) is 4.21 Å². The normalized spacial score (nSPS) is 11.6. The number of rotatable bonds is 3. The summed E-state index contributed by atoms with van der Waals surface area (Å²) in [5, 5.41) is 0.508. The van der Waals surface area contributed by atoms with Crippen LogP contribution in [-0.2, 0) is 10.0 Å². The molecule has 0 aliphatic carbocycles. The topological polar surface area (TPSA) is 46.2 Å². The summed E-state index contributed by atoms with van der Waals surface area (Å²) in [6, 6.07) is 6.59. The fourth-order valence-electron chi connectivity index (χ4n) is 1.36. The largest absolute Gasteiger partial charge is 0.278 e. The van der Waals surface area contributed by atoms with Crippen molar-refractivity contribution in [1.82, 2.24) is 0 Å². The molecule has 3 nitrogen and oxygen atoms in total. The van der Waals surface area contributed by atoms with Gasteiger partial charge in [-0.2, -0.15) is 0 Å². The molecule has 0 fully saturated rings. The molecule has 1 N–H and O–H groups in total. The van der Waals surface area contributed by atoms with Crippen LogP contribution >= 0.6 is 54.8 Å². The number of nitrogens with one attached hydrogen (secondary N) is 1. The number of sulfonamides is 1. The lowest BCUT2D eigenvalue weighted by atomic mass is 10.2. The van der Waals surface area contributed by atoms with Gasteiger partial charge in [-0.25, -0.2) is 8.42 Å². The minimum Gasteiger partial charge on any atom is -0.278 e. The van der Waals surface area contributed by atoms with Crippen molar-refractivity contribution in [2.45, 2.75) is 11.1 Å². The molecule has 2 rings (SSSR count). The SMILES string of the molecule is Cc1cc(Br)c(NS(=O)(=O)c2ccc(Br)s2)cc1Cl. The quantitative estimate of drug-likeness (QED) is 0.720. The zero-order chi connectivity index (χ0) is 14.2. The van der Waals surface area contributed by atoms with E-state index in [1.165, 1.54) is 0 Å². The van der Waals surface area contributed by atoms with E-state index in [4.69, 9.17) is 11.6 Å². The Hall–Kier alpha value is -0.0800. The van der Waals surface area contributed by atoms with Gasteiger partial charge in [-0.3, -0.25) is 4.72 Å². The molecule has 0 radical (unpaired) electrons. The second-order valence-corrected chi connectivity index (χ2v) is 9.38. The van der Waals surface area contributed by atoms with Crippen LogP contribution in [0.4, 0.5) is 5.69 Å². The Bertz CT molecular complexity index is 728. The molecule has 19 heavy (non-hydrogen) atoms. The summed E-state index contributed by atoms with van der Waals surface area (Å²) in [5.74, 6) is 0. The maximum atomic E-state index is 12.2. The molecule has 1 aromatic carbocycles. The van der Waals surface area contributed by atoms with Crippen LogP contribution in [0.5, 0.6) is 0 Å². The summed E-state index contributed by atoms with van der Waals surface area (Å²) in [5.41, 5.74) is 1.29. The van der Waals surface area contributed by atoms with Crippen LogP contribution < -0.4 is 4.72 Å². The van der Waals surface area contributed by atoms with Gasteiger partial charge in [0.2, 0.25) is 0 Å². The molecule has 0 saturated heterocycles. The Morgan fingerprint density at radius 1 is 1.26 bits per heavy atom. The lowest BCUT2D eigenvalue weighted by Gasteiger charge is -2.10.